The number of rotatable bonds is 3. The highest BCUT2D eigenvalue weighted by Crippen LogP contribution is 2.17. The Balaban J connectivity index is 1.85. The standard InChI is InChI=1S/C16H13BrN4O/c1-11-14(10-19-21(11)15-4-2-3-9-18-15)16(22)20-13-7-5-12(17)6-8-13/h2-10H,1H3,(H,20,22). The minimum atomic E-state index is -0.193. The largest absolute Gasteiger partial charge is 0.322 e. The monoisotopic (exact) mass is 356 g/mol. The van der Waals surface area contributed by atoms with Crippen molar-refractivity contribution < 1.29 is 4.79 Å². The highest BCUT2D eigenvalue weighted by atomic mass is 79.9. The van der Waals surface area contributed by atoms with Crippen molar-refractivity contribution in [2.24, 2.45) is 0 Å². The van der Waals surface area contributed by atoms with Crippen LogP contribution in [0.4, 0.5) is 5.69 Å². The van der Waals surface area contributed by atoms with Crippen LogP contribution >= 0.6 is 15.9 Å². The number of carbonyl (C=O) groups is 1. The Hall–Kier alpha value is -2.47. The Morgan fingerprint density at radius 2 is 1.95 bits per heavy atom. The van der Waals surface area contributed by atoms with Crippen molar-refractivity contribution in [1.29, 1.82) is 0 Å². The number of hydrogen-bond donors (Lipinski definition) is 1. The second-order valence-electron chi connectivity index (χ2n) is 4.70. The van der Waals surface area contributed by atoms with Crippen molar-refractivity contribution in [1.82, 2.24) is 14.8 Å². The summed E-state index contributed by atoms with van der Waals surface area (Å²) in [5, 5.41) is 7.11. The van der Waals surface area contributed by atoms with Gasteiger partial charge in [-0.3, -0.25) is 4.79 Å². The van der Waals surface area contributed by atoms with E-state index in [2.05, 4.69) is 31.3 Å². The molecule has 0 atom stereocenters. The first-order valence-corrected chi connectivity index (χ1v) is 7.47. The average molecular weight is 357 g/mol. The summed E-state index contributed by atoms with van der Waals surface area (Å²) < 4.78 is 2.61. The number of anilines is 1. The van der Waals surface area contributed by atoms with Crippen LogP contribution in [0.2, 0.25) is 0 Å². The van der Waals surface area contributed by atoms with Crippen LogP contribution in [-0.4, -0.2) is 20.7 Å². The molecule has 2 aromatic heterocycles. The summed E-state index contributed by atoms with van der Waals surface area (Å²) in [4.78, 5) is 16.6. The highest BCUT2D eigenvalue weighted by molar-refractivity contribution is 9.10. The Morgan fingerprint density at radius 1 is 1.18 bits per heavy atom. The molecule has 0 aliphatic rings. The molecular formula is C16H13BrN4O. The fraction of sp³-hybridized carbons (Fsp3) is 0.0625. The second-order valence-corrected chi connectivity index (χ2v) is 5.62. The molecular weight excluding hydrogens is 344 g/mol. The number of nitrogens with one attached hydrogen (secondary N) is 1. The summed E-state index contributed by atoms with van der Waals surface area (Å²) in [6, 6.07) is 13.0. The molecule has 0 unspecified atom stereocenters. The van der Waals surface area contributed by atoms with Gasteiger partial charge in [-0.2, -0.15) is 5.10 Å². The molecule has 0 saturated heterocycles. The Bertz CT molecular complexity index is 797. The molecule has 0 spiro atoms. The van der Waals surface area contributed by atoms with Crippen molar-refractivity contribution in [2.45, 2.75) is 6.92 Å². The second kappa shape index (κ2) is 6.11. The minimum Gasteiger partial charge on any atom is -0.322 e. The van der Waals surface area contributed by atoms with Crippen molar-refractivity contribution in [2.75, 3.05) is 5.32 Å². The zero-order valence-corrected chi connectivity index (χ0v) is 13.4. The SMILES string of the molecule is Cc1c(C(=O)Nc2ccc(Br)cc2)cnn1-c1ccccn1. The van der Waals surface area contributed by atoms with Crippen molar-refractivity contribution >= 4 is 27.5 Å². The van der Waals surface area contributed by atoms with Gasteiger partial charge in [0.1, 0.15) is 0 Å². The first-order chi connectivity index (χ1) is 10.6. The fourth-order valence-electron chi connectivity index (χ4n) is 2.07. The zero-order valence-electron chi connectivity index (χ0n) is 11.8. The van der Waals surface area contributed by atoms with E-state index >= 15 is 0 Å². The number of benzene rings is 1. The van der Waals surface area contributed by atoms with Crippen molar-refractivity contribution in [3.05, 3.63) is 70.6 Å². The van der Waals surface area contributed by atoms with E-state index in [-0.39, 0.29) is 5.91 Å². The first kappa shape index (κ1) is 14.5. The summed E-state index contributed by atoms with van der Waals surface area (Å²) in [7, 11) is 0. The Labute approximate surface area is 136 Å². The van der Waals surface area contributed by atoms with Crippen LogP contribution in [-0.2, 0) is 0 Å². The molecule has 1 N–H and O–H groups in total. The van der Waals surface area contributed by atoms with Crippen LogP contribution in [0, 0.1) is 6.92 Å². The van der Waals surface area contributed by atoms with E-state index in [0.717, 1.165) is 15.9 Å². The minimum absolute atomic E-state index is 0.193. The van der Waals surface area contributed by atoms with Gasteiger partial charge in [-0.05, 0) is 43.3 Å². The van der Waals surface area contributed by atoms with E-state index in [1.54, 1.807) is 17.1 Å². The molecule has 22 heavy (non-hydrogen) atoms. The molecule has 5 nitrogen and oxygen atoms in total. The molecule has 110 valence electrons. The van der Waals surface area contributed by atoms with Crippen LogP contribution < -0.4 is 5.32 Å². The molecule has 2 heterocycles. The van der Waals surface area contributed by atoms with Crippen LogP contribution in [0.5, 0.6) is 0 Å². The lowest BCUT2D eigenvalue weighted by Gasteiger charge is -2.06. The van der Waals surface area contributed by atoms with Crippen LogP contribution in [0.15, 0.2) is 59.3 Å². The molecule has 1 amide bonds. The average Bonchev–Trinajstić information content (AvgIpc) is 2.92. The molecule has 3 aromatic rings. The van der Waals surface area contributed by atoms with Crippen LogP contribution in [0.25, 0.3) is 5.82 Å². The van der Waals surface area contributed by atoms with E-state index < -0.39 is 0 Å². The third-order valence-corrected chi connectivity index (χ3v) is 3.75. The molecule has 0 fully saturated rings. The molecule has 0 radical (unpaired) electrons. The lowest BCUT2D eigenvalue weighted by molar-refractivity contribution is 0.102. The summed E-state index contributed by atoms with van der Waals surface area (Å²) in [5.74, 6) is 0.490. The maximum Gasteiger partial charge on any atom is 0.259 e. The van der Waals surface area contributed by atoms with Gasteiger partial charge in [0.15, 0.2) is 5.82 Å². The maximum atomic E-state index is 12.4. The molecule has 0 saturated carbocycles. The third-order valence-electron chi connectivity index (χ3n) is 3.22. The highest BCUT2D eigenvalue weighted by Gasteiger charge is 2.15. The van der Waals surface area contributed by atoms with Gasteiger partial charge >= 0.3 is 0 Å². The predicted molar refractivity (Wildman–Crippen MR) is 88.2 cm³/mol. The lowest BCUT2D eigenvalue weighted by atomic mass is 10.2. The van der Waals surface area contributed by atoms with E-state index in [1.807, 2.05) is 49.4 Å². The molecule has 0 aliphatic carbocycles. The molecule has 6 heteroatoms. The van der Waals surface area contributed by atoms with Gasteiger partial charge in [-0.1, -0.05) is 22.0 Å². The van der Waals surface area contributed by atoms with Gasteiger partial charge in [-0.25, -0.2) is 9.67 Å². The van der Waals surface area contributed by atoms with Crippen molar-refractivity contribution in [3.63, 3.8) is 0 Å². The number of amides is 1. The number of nitrogens with zero attached hydrogens (tertiary/aromatic N) is 3. The maximum absolute atomic E-state index is 12.4. The fourth-order valence-corrected chi connectivity index (χ4v) is 2.34. The number of hydrogen-bond acceptors (Lipinski definition) is 3. The number of carbonyl (C=O) groups excluding carboxylic acids is 1. The summed E-state index contributed by atoms with van der Waals surface area (Å²) in [6.45, 7) is 1.85. The van der Waals surface area contributed by atoms with Gasteiger partial charge in [0.25, 0.3) is 5.91 Å². The van der Waals surface area contributed by atoms with E-state index in [1.165, 1.54) is 0 Å². The summed E-state index contributed by atoms with van der Waals surface area (Å²) >= 11 is 3.36. The van der Waals surface area contributed by atoms with Crippen LogP contribution in [0.3, 0.4) is 0 Å². The molecule has 0 aliphatic heterocycles. The van der Waals surface area contributed by atoms with E-state index in [0.29, 0.717) is 11.4 Å². The smallest absolute Gasteiger partial charge is 0.259 e. The predicted octanol–water partition coefficient (Wildman–Crippen LogP) is 3.59. The number of pyridine rings is 1. The van der Waals surface area contributed by atoms with Gasteiger partial charge < -0.3 is 5.32 Å². The van der Waals surface area contributed by atoms with Crippen molar-refractivity contribution in [3.8, 4) is 5.82 Å². The number of aromatic nitrogens is 3. The summed E-state index contributed by atoms with van der Waals surface area (Å²) in [6.07, 6.45) is 3.25. The Kier molecular flexibility index (Phi) is 4.02. The van der Waals surface area contributed by atoms with Gasteiger partial charge in [0.2, 0.25) is 0 Å². The quantitative estimate of drug-likeness (QED) is 0.779. The van der Waals surface area contributed by atoms with Crippen LogP contribution in [0.1, 0.15) is 16.1 Å². The zero-order chi connectivity index (χ0) is 15.5. The normalized spacial score (nSPS) is 10.5. The molecule has 0 bridgehead atoms. The van der Waals surface area contributed by atoms with Gasteiger partial charge in [0, 0.05) is 16.4 Å². The van der Waals surface area contributed by atoms with Gasteiger partial charge in [0.05, 0.1) is 17.5 Å². The topological polar surface area (TPSA) is 59.8 Å². The Morgan fingerprint density at radius 3 is 2.64 bits per heavy atom. The lowest BCUT2D eigenvalue weighted by Crippen LogP contribution is -2.13. The summed E-state index contributed by atoms with van der Waals surface area (Å²) in [5.41, 5.74) is 2.00. The van der Waals surface area contributed by atoms with E-state index in [9.17, 15) is 4.79 Å². The number of halogens is 1. The van der Waals surface area contributed by atoms with E-state index in [4.69, 9.17) is 0 Å². The molecule has 3 rings (SSSR count). The first-order valence-electron chi connectivity index (χ1n) is 6.68. The van der Waals surface area contributed by atoms with Gasteiger partial charge in [-0.15, -0.1) is 0 Å². The third kappa shape index (κ3) is 2.92. The molecule has 1 aromatic carbocycles.